The summed E-state index contributed by atoms with van der Waals surface area (Å²) in [6, 6.07) is 8.10. The lowest BCUT2D eigenvalue weighted by Gasteiger charge is -2.40. The molecular formula is C15H16O. The largest absolute Gasteiger partial charge is 0.289 e. The summed E-state index contributed by atoms with van der Waals surface area (Å²) in [6.45, 7) is 2.29. The molecule has 0 amide bonds. The number of carbonyl (C=O) groups is 1. The molecule has 1 aromatic rings. The molecule has 3 rings (SSSR count). The van der Waals surface area contributed by atoms with Crippen molar-refractivity contribution in [3.8, 4) is 0 Å². The van der Waals surface area contributed by atoms with Crippen LogP contribution in [0.5, 0.6) is 0 Å². The van der Waals surface area contributed by atoms with Crippen LogP contribution in [0.3, 0.4) is 0 Å². The van der Waals surface area contributed by atoms with Crippen molar-refractivity contribution in [3.05, 3.63) is 47.0 Å². The molecule has 0 aliphatic heterocycles. The first-order valence-electron chi connectivity index (χ1n) is 6.07. The molecule has 0 bridgehead atoms. The Morgan fingerprint density at radius 2 is 2.00 bits per heavy atom. The number of benzene rings is 1. The number of fused-ring (bicyclic) bond motifs is 3. The van der Waals surface area contributed by atoms with Crippen LogP contribution in [0.4, 0.5) is 0 Å². The van der Waals surface area contributed by atoms with Crippen LogP contribution in [0.15, 0.2) is 35.9 Å². The second kappa shape index (κ2) is 3.31. The van der Waals surface area contributed by atoms with E-state index in [0.717, 1.165) is 12.0 Å². The molecule has 1 aromatic carbocycles. The smallest absolute Gasteiger partial charge is 0.186 e. The van der Waals surface area contributed by atoms with Crippen LogP contribution < -0.4 is 0 Å². The van der Waals surface area contributed by atoms with E-state index in [1.54, 1.807) is 0 Å². The highest BCUT2D eigenvalue weighted by molar-refractivity contribution is 6.08. The normalized spacial score (nSPS) is 28.1. The second-order valence-corrected chi connectivity index (χ2v) is 5.12. The Bertz CT molecular complexity index is 484. The maximum atomic E-state index is 12.0. The van der Waals surface area contributed by atoms with Crippen molar-refractivity contribution in [2.75, 3.05) is 0 Å². The van der Waals surface area contributed by atoms with Gasteiger partial charge in [0.25, 0.3) is 0 Å². The summed E-state index contributed by atoms with van der Waals surface area (Å²) in [4.78, 5) is 12.0. The van der Waals surface area contributed by atoms with Crippen molar-refractivity contribution in [1.82, 2.24) is 0 Å². The van der Waals surface area contributed by atoms with E-state index in [1.807, 2.05) is 18.2 Å². The highest BCUT2D eigenvalue weighted by atomic mass is 16.1. The molecule has 82 valence electrons. The van der Waals surface area contributed by atoms with Gasteiger partial charge in [0.1, 0.15) is 0 Å². The molecule has 0 heterocycles. The Kier molecular flexibility index (Phi) is 2.03. The van der Waals surface area contributed by atoms with E-state index in [9.17, 15) is 4.79 Å². The van der Waals surface area contributed by atoms with Crippen LogP contribution in [-0.4, -0.2) is 5.78 Å². The van der Waals surface area contributed by atoms with Crippen molar-refractivity contribution < 1.29 is 4.79 Å². The van der Waals surface area contributed by atoms with Gasteiger partial charge in [0.15, 0.2) is 5.78 Å². The van der Waals surface area contributed by atoms with Gasteiger partial charge in [-0.15, -0.1) is 0 Å². The summed E-state index contributed by atoms with van der Waals surface area (Å²) in [7, 11) is 0. The molecule has 1 heteroatoms. The van der Waals surface area contributed by atoms with Crippen LogP contribution in [0.1, 0.15) is 48.5 Å². The van der Waals surface area contributed by atoms with E-state index < -0.39 is 0 Å². The number of allylic oxidation sites excluding steroid dienone is 2. The highest BCUT2D eigenvalue weighted by Crippen LogP contribution is 2.46. The Hall–Kier alpha value is -1.37. The van der Waals surface area contributed by atoms with Gasteiger partial charge in [-0.05, 0) is 30.9 Å². The Balaban J connectivity index is 2.23. The Morgan fingerprint density at radius 1 is 1.19 bits per heavy atom. The summed E-state index contributed by atoms with van der Waals surface area (Å²) in [6.07, 6.45) is 6.68. The first kappa shape index (κ1) is 9.83. The Labute approximate surface area is 96.2 Å². The lowest BCUT2D eigenvalue weighted by molar-refractivity contribution is 0.103. The zero-order valence-corrected chi connectivity index (χ0v) is 9.62. The third-order valence-corrected chi connectivity index (χ3v) is 4.17. The van der Waals surface area contributed by atoms with Crippen molar-refractivity contribution in [2.45, 2.75) is 38.0 Å². The minimum absolute atomic E-state index is 0.128. The second-order valence-electron chi connectivity index (χ2n) is 5.12. The molecule has 1 nitrogen and oxygen atoms in total. The molecule has 1 atom stereocenters. The molecule has 0 aromatic heterocycles. The van der Waals surface area contributed by atoms with Gasteiger partial charge in [0.05, 0.1) is 0 Å². The zero-order chi connectivity index (χ0) is 11.2. The van der Waals surface area contributed by atoms with E-state index in [0.29, 0.717) is 0 Å². The standard InChI is InChI=1S/C15H16O/c1-15-9-5-4-6-11(15)10-14(16)12-7-2-3-8-13(12)15/h2-3,7-8,10H,4-6,9H2,1H3/t15-/m0/s1. The topological polar surface area (TPSA) is 17.1 Å². The summed E-state index contributed by atoms with van der Waals surface area (Å²) in [5.74, 6) is 0.199. The quantitative estimate of drug-likeness (QED) is 0.641. The minimum Gasteiger partial charge on any atom is -0.289 e. The highest BCUT2D eigenvalue weighted by Gasteiger charge is 2.38. The summed E-state index contributed by atoms with van der Waals surface area (Å²) in [5.41, 5.74) is 3.64. The van der Waals surface area contributed by atoms with E-state index in [1.165, 1.54) is 30.4 Å². The van der Waals surface area contributed by atoms with Crippen LogP contribution in [0, 0.1) is 0 Å². The third kappa shape index (κ3) is 1.21. The van der Waals surface area contributed by atoms with Gasteiger partial charge in [-0.3, -0.25) is 4.79 Å². The van der Waals surface area contributed by atoms with Crippen molar-refractivity contribution >= 4 is 5.78 Å². The molecule has 0 N–H and O–H groups in total. The fourth-order valence-corrected chi connectivity index (χ4v) is 3.18. The summed E-state index contributed by atoms with van der Waals surface area (Å²) >= 11 is 0. The molecule has 1 saturated carbocycles. The zero-order valence-electron chi connectivity index (χ0n) is 9.62. The van der Waals surface area contributed by atoms with E-state index in [4.69, 9.17) is 0 Å². The third-order valence-electron chi connectivity index (χ3n) is 4.17. The summed E-state index contributed by atoms with van der Waals surface area (Å²) in [5, 5.41) is 0. The lowest BCUT2D eigenvalue weighted by atomic mass is 9.63. The molecule has 0 radical (unpaired) electrons. The molecule has 2 aliphatic rings. The minimum atomic E-state index is 0.128. The first-order valence-corrected chi connectivity index (χ1v) is 6.07. The van der Waals surface area contributed by atoms with Crippen LogP contribution in [0.25, 0.3) is 0 Å². The predicted molar refractivity (Wildman–Crippen MR) is 64.7 cm³/mol. The maximum absolute atomic E-state index is 12.0. The van der Waals surface area contributed by atoms with Crippen molar-refractivity contribution in [2.24, 2.45) is 0 Å². The maximum Gasteiger partial charge on any atom is 0.186 e. The van der Waals surface area contributed by atoms with E-state index in [2.05, 4.69) is 19.1 Å². The average Bonchev–Trinajstić information content (AvgIpc) is 2.31. The average molecular weight is 212 g/mol. The van der Waals surface area contributed by atoms with Gasteiger partial charge in [-0.2, -0.15) is 0 Å². The van der Waals surface area contributed by atoms with Gasteiger partial charge >= 0.3 is 0 Å². The number of ketones is 1. The predicted octanol–water partition coefficient (Wildman–Crippen LogP) is 3.64. The molecule has 0 spiro atoms. The molecule has 16 heavy (non-hydrogen) atoms. The van der Waals surface area contributed by atoms with Crippen LogP contribution >= 0.6 is 0 Å². The number of hydrogen-bond acceptors (Lipinski definition) is 1. The van der Waals surface area contributed by atoms with Gasteiger partial charge < -0.3 is 0 Å². The van der Waals surface area contributed by atoms with E-state index >= 15 is 0 Å². The van der Waals surface area contributed by atoms with Gasteiger partial charge in [0, 0.05) is 11.0 Å². The number of hydrogen-bond donors (Lipinski definition) is 0. The van der Waals surface area contributed by atoms with Gasteiger partial charge in [0.2, 0.25) is 0 Å². The SMILES string of the molecule is C[C@]12CCCCC1=CC(=O)c1ccccc12. The molecule has 1 fully saturated rings. The van der Waals surface area contributed by atoms with Crippen molar-refractivity contribution in [3.63, 3.8) is 0 Å². The Morgan fingerprint density at radius 3 is 2.88 bits per heavy atom. The van der Waals surface area contributed by atoms with Gasteiger partial charge in [-0.25, -0.2) is 0 Å². The molecule has 2 aliphatic carbocycles. The fraction of sp³-hybridized carbons (Fsp3) is 0.400. The van der Waals surface area contributed by atoms with Gasteiger partial charge in [-0.1, -0.05) is 43.2 Å². The monoisotopic (exact) mass is 212 g/mol. The van der Waals surface area contributed by atoms with Crippen LogP contribution in [0.2, 0.25) is 0 Å². The first-order chi connectivity index (χ1) is 7.72. The molecule has 0 unspecified atom stereocenters. The van der Waals surface area contributed by atoms with E-state index in [-0.39, 0.29) is 11.2 Å². The fourth-order valence-electron chi connectivity index (χ4n) is 3.18. The number of carbonyl (C=O) groups excluding carboxylic acids is 1. The van der Waals surface area contributed by atoms with Crippen molar-refractivity contribution in [1.29, 1.82) is 0 Å². The lowest BCUT2D eigenvalue weighted by Crippen LogP contribution is -2.33. The van der Waals surface area contributed by atoms with Crippen LogP contribution in [-0.2, 0) is 5.41 Å². The summed E-state index contributed by atoms with van der Waals surface area (Å²) < 4.78 is 0. The molecule has 0 saturated heterocycles. The number of rotatable bonds is 0. The molecular weight excluding hydrogens is 196 g/mol.